The van der Waals surface area contributed by atoms with Crippen molar-refractivity contribution in [1.29, 1.82) is 0 Å². The van der Waals surface area contributed by atoms with Gasteiger partial charge in [0.1, 0.15) is 0 Å². The molecule has 19 heavy (non-hydrogen) atoms. The van der Waals surface area contributed by atoms with Gasteiger partial charge in [0.15, 0.2) is 0 Å². The van der Waals surface area contributed by atoms with Crippen molar-refractivity contribution in [1.82, 2.24) is 15.1 Å². The van der Waals surface area contributed by atoms with Gasteiger partial charge in [-0.3, -0.25) is 0 Å². The summed E-state index contributed by atoms with van der Waals surface area (Å²) >= 11 is 6.05. The fourth-order valence-electron chi connectivity index (χ4n) is 2.30. The van der Waals surface area contributed by atoms with Crippen LogP contribution >= 0.6 is 11.6 Å². The van der Waals surface area contributed by atoms with Crippen molar-refractivity contribution in [2.75, 3.05) is 0 Å². The summed E-state index contributed by atoms with van der Waals surface area (Å²) in [4.78, 5) is 0. The molecule has 1 aliphatic rings. The van der Waals surface area contributed by atoms with Crippen molar-refractivity contribution >= 4 is 11.6 Å². The Balaban J connectivity index is 1.88. The average molecular weight is 276 g/mol. The highest BCUT2D eigenvalue weighted by Crippen LogP contribution is 2.22. The van der Waals surface area contributed by atoms with Gasteiger partial charge in [0.05, 0.1) is 11.9 Å². The fourth-order valence-corrected chi connectivity index (χ4v) is 2.49. The standard InChI is InChI=1S/C15H18ClN3/c1-2-15-11(9-17-13-6-7-13)10-18-19(15)14-5-3-4-12(16)8-14/h3-5,8,10,13,17H,2,6-7,9H2,1H3. The Morgan fingerprint density at radius 3 is 2.95 bits per heavy atom. The van der Waals surface area contributed by atoms with Crippen LogP contribution in [-0.2, 0) is 13.0 Å². The Bertz CT molecular complexity index is 573. The Hall–Kier alpha value is -1.32. The smallest absolute Gasteiger partial charge is 0.0663 e. The molecular formula is C15H18ClN3. The van der Waals surface area contributed by atoms with Crippen LogP contribution < -0.4 is 5.32 Å². The maximum absolute atomic E-state index is 6.05. The van der Waals surface area contributed by atoms with Crippen LogP contribution in [-0.4, -0.2) is 15.8 Å². The molecule has 1 saturated carbocycles. The third-order valence-corrected chi connectivity index (χ3v) is 3.74. The summed E-state index contributed by atoms with van der Waals surface area (Å²) in [6.45, 7) is 3.08. The summed E-state index contributed by atoms with van der Waals surface area (Å²) in [7, 11) is 0. The maximum atomic E-state index is 6.05. The van der Waals surface area contributed by atoms with Crippen LogP contribution in [0.4, 0.5) is 0 Å². The summed E-state index contributed by atoms with van der Waals surface area (Å²) < 4.78 is 2.00. The number of halogens is 1. The van der Waals surface area contributed by atoms with Crippen LogP contribution in [0.25, 0.3) is 5.69 Å². The Morgan fingerprint density at radius 2 is 2.26 bits per heavy atom. The van der Waals surface area contributed by atoms with E-state index in [1.807, 2.05) is 35.1 Å². The highest BCUT2D eigenvalue weighted by Gasteiger charge is 2.21. The van der Waals surface area contributed by atoms with E-state index in [0.29, 0.717) is 0 Å². The van der Waals surface area contributed by atoms with Crippen LogP contribution in [0.2, 0.25) is 5.02 Å². The van der Waals surface area contributed by atoms with Crippen molar-refractivity contribution < 1.29 is 0 Å². The summed E-state index contributed by atoms with van der Waals surface area (Å²) in [5.74, 6) is 0. The number of hydrogen-bond donors (Lipinski definition) is 1. The van der Waals surface area contributed by atoms with E-state index in [1.165, 1.54) is 24.1 Å². The van der Waals surface area contributed by atoms with E-state index in [4.69, 9.17) is 11.6 Å². The summed E-state index contributed by atoms with van der Waals surface area (Å²) in [6, 6.07) is 8.55. The van der Waals surface area contributed by atoms with Gasteiger partial charge in [-0.25, -0.2) is 4.68 Å². The first-order valence-electron chi connectivity index (χ1n) is 6.83. The van der Waals surface area contributed by atoms with Crippen molar-refractivity contribution in [2.24, 2.45) is 0 Å². The van der Waals surface area contributed by atoms with E-state index in [0.717, 1.165) is 29.7 Å². The molecule has 0 bridgehead atoms. The Kier molecular flexibility index (Phi) is 3.58. The molecular weight excluding hydrogens is 258 g/mol. The molecule has 1 aromatic heterocycles. The normalized spacial score (nSPS) is 14.8. The molecule has 1 heterocycles. The fraction of sp³-hybridized carbons (Fsp3) is 0.400. The van der Waals surface area contributed by atoms with Crippen LogP contribution in [0.15, 0.2) is 30.5 Å². The molecule has 100 valence electrons. The quantitative estimate of drug-likeness (QED) is 0.907. The highest BCUT2D eigenvalue weighted by atomic mass is 35.5. The number of aromatic nitrogens is 2. The second kappa shape index (κ2) is 5.35. The first-order chi connectivity index (χ1) is 9.28. The number of rotatable bonds is 5. The number of nitrogens with one attached hydrogen (secondary N) is 1. The topological polar surface area (TPSA) is 29.9 Å². The van der Waals surface area contributed by atoms with Crippen LogP contribution in [0.5, 0.6) is 0 Å². The van der Waals surface area contributed by atoms with E-state index >= 15 is 0 Å². The minimum Gasteiger partial charge on any atom is -0.310 e. The van der Waals surface area contributed by atoms with Crippen molar-refractivity contribution in [3.05, 3.63) is 46.7 Å². The Labute approximate surface area is 118 Å². The number of hydrogen-bond acceptors (Lipinski definition) is 2. The van der Waals surface area contributed by atoms with Gasteiger partial charge in [0.2, 0.25) is 0 Å². The lowest BCUT2D eigenvalue weighted by Crippen LogP contribution is -2.16. The maximum Gasteiger partial charge on any atom is 0.0663 e. The van der Waals surface area contributed by atoms with Crippen LogP contribution in [0.3, 0.4) is 0 Å². The van der Waals surface area contributed by atoms with Gasteiger partial charge in [-0.15, -0.1) is 0 Å². The van der Waals surface area contributed by atoms with E-state index < -0.39 is 0 Å². The van der Waals surface area contributed by atoms with E-state index in [9.17, 15) is 0 Å². The van der Waals surface area contributed by atoms with Crippen molar-refractivity contribution in [3.8, 4) is 5.69 Å². The third-order valence-electron chi connectivity index (χ3n) is 3.50. The van der Waals surface area contributed by atoms with Gasteiger partial charge in [0.25, 0.3) is 0 Å². The molecule has 3 nitrogen and oxygen atoms in total. The summed E-state index contributed by atoms with van der Waals surface area (Å²) in [5.41, 5.74) is 3.58. The molecule has 0 amide bonds. The first-order valence-corrected chi connectivity index (χ1v) is 7.21. The average Bonchev–Trinajstić information content (AvgIpc) is 3.15. The predicted octanol–water partition coefficient (Wildman–Crippen LogP) is 3.34. The van der Waals surface area contributed by atoms with E-state index in [-0.39, 0.29) is 0 Å². The first kappa shape index (κ1) is 12.7. The molecule has 0 saturated heterocycles. The number of nitrogens with zero attached hydrogens (tertiary/aromatic N) is 2. The highest BCUT2D eigenvalue weighted by molar-refractivity contribution is 6.30. The van der Waals surface area contributed by atoms with Crippen molar-refractivity contribution in [3.63, 3.8) is 0 Å². The lowest BCUT2D eigenvalue weighted by Gasteiger charge is -2.08. The summed E-state index contributed by atoms with van der Waals surface area (Å²) in [6.07, 6.45) is 5.55. The lowest BCUT2D eigenvalue weighted by atomic mass is 10.2. The van der Waals surface area contributed by atoms with E-state index in [1.54, 1.807) is 0 Å². The SMILES string of the molecule is CCc1c(CNC2CC2)cnn1-c1cccc(Cl)c1. The summed E-state index contributed by atoms with van der Waals surface area (Å²) in [5, 5.41) is 8.80. The van der Waals surface area contributed by atoms with Crippen molar-refractivity contribution in [2.45, 2.75) is 38.8 Å². The van der Waals surface area contributed by atoms with Gasteiger partial charge < -0.3 is 5.32 Å². The second-order valence-corrected chi connectivity index (χ2v) is 5.45. The largest absolute Gasteiger partial charge is 0.310 e. The molecule has 1 aromatic carbocycles. The van der Waals surface area contributed by atoms with Gasteiger partial charge in [-0.1, -0.05) is 24.6 Å². The molecule has 0 radical (unpaired) electrons. The molecule has 0 aliphatic heterocycles. The van der Waals surface area contributed by atoms with Gasteiger partial charge in [-0.05, 0) is 37.5 Å². The molecule has 4 heteroatoms. The molecule has 0 atom stereocenters. The Morgan fingerprint density at radius 1 is 1.42 bits per heavy atom. The molecule has 2 aromatic rings. The molecule has 1 N–H and O–H groups in total. The number of benzene rings is 1. The minimum absolute atomic E-state index is 0.722. The second-order valence-electron chi connectivity index (χ2n) is 5.02. The molecule has 0 spiro atoms. The predicted molar refractivity (Wildman–Crippen MR) is 77.8 cm³/mol. The zero-order valence-corrected chi connectivity index (χ0v) is 11.8. The van der Waals surface area contributed by atoms with Crippen LogP contribution in [0, 0.1) is 0 Å². The third kappa shape index (κ3) is 2.82. The minimum atomic E-state index is 0.722. The molecule has 3 rings (SSSR count). The van der Waals surface area contributed by atoms with Crippen LogP contribution in [0.1, 0.15) is 31.0 Å². The van der Waals surface area contributed by atoms with E-state index in [2.05, 4.69) is 17.3 Å². The zero-order valence-electron chi connectivity index (χ0n) is 11.1. The molecule has 1 fully saturated rings. The van der Waals surface area contributed by atoms with Gasteiger partial charge in [0, 0.05) is 28.9 Å². The lowest BCUT2D eigenvalue weighted by molar-refractivity contribution is 0.680. The molecule has 0 unspecified atom stereocenters. The molecule has 1 aliphatic carbocycles. The van der Waals surface area contributed by atoms with Gasteiger partial charge in [-0.2, -0.15) is 5.10 Å². The monoisotopic (exact) mass is 275 g/mol. The van der Waals surface area contributed by atoms with Gasteiger partial charge >= 0.3 is 0 Å². The zero-order chi connectivity index (χ0) is 13.2.